The fourth-order valence-corrected chi connectivity index (χ4v) is 3.58. The predicted molar refractivity (Wildman–Crippen MR) is 104 cm³/mol. The summed E-state index contributed by atoms with van der Waals surface area (Å²) < 4.78 is 5.02. The molecule has 28 heavy (non-hydrogen) atoms. The van der Waals surface area contributed by atoms with E-state index >= 15 is 0 Å². The summed E-state index contributed by atoms with van der Waals surface area (Å²) in [7, 11) is 1.59. The number of amides is 2. The fraction of sp³-hybridized carbons (Fsp3) is 0.286. The molecule has 1 unspecified atom stereocenters. The highest BCUT2D eigenvalue weighted by Gasteiger charge is 2.30. The first-order valence-corrected chi connectivity index (χ1v) is 9.30. The van der Waals surface area contributed by atoms with E-state index in [1.54, 1.807) is 7.11 Å². The van der Waals surface area contributed by atoms with E-state index in [0.717, 1.165) is 12.0 Å². The molecule has 7 heteroatoms. The minimum Gasteiger partial charge on any atom is -0.377 e. The van der Waals surface area contributed by atoms with E-state index in [9.17, 15) is 4.79 Å². The second-order valence-corrected chi connectivity index (χ2v) is 6.82. The third-order valence-corrected chi connectivity index (χ3v) is 4.95. The predicted octanol–water partition coefficient (Wildman–Crippen LogP) is 2.96. The number of carbonyl (C=O) groups excluding carboxylic acids is 1. The number of aromatic amines is 1. The van der Waals surface area contributed by atoms with Gasteiger partial charge in [-0.3, -0.25) is 5.10 Å². The number of ether oxygens (including phenoxy) is 1. The van der Waals surface area contributed by atoms with Gasteiger partial charge in [-0.2, -0.15) is 5.10 Å². The van der Waals surface area contributed by atoms with E-state index in [1.165, 1.54) is 11.1 Å². The van der Waals surface area contributed by atoms with Crippen molar-refractivity contribution in [3.8, 4) is 0 Å². The van der Waals surface area contributed by atoms with Gasteiger partial charge in [0, 0.05) is 13.7 Å². The second-order valence-electron chi connectivity index (χ2n) is 6.82. The van der Waals surface area contributed by atoms with Crippen LogP contribution in [0.3, 0.4) is 0 Å². The van der Waals surface area contributed by atoms with Crippen LogP contribution in [0, 0.1) is 0 Å². The van der Waals surface area contributed by atoms with Gasteiger partial charge in [-0.15, -0.1) is 0 Å². The average Bonchev–Trinajstić information content (AvgIpc) is 3.19. The Morgan fingerprint density at radius 1 is 1.18 bits per heavy atom. The Kier molecular flexibility index (Phi) is 5.34. The number of benzene rings is 2. The molecule has 0 saturated carbocycles. The number of hydrogen-bond donors (Lipinski definition) is 2. The number of nitrogens with one attached hydrogen (secondary N) is 2. The Morgan fingerprint density at radius 3 is 2.71 bits per heavy atom. The summed E-state index contributed by atoms with van der Waals surface area (Å²) in [4.78, 5) is 19.2. The van der Waals surface area contributed by atoms with Crippen LogP contribution in [0.5, 0.6) is 0 Å². The Balaban J connectivity index is 1.51. The van der Waals surface area contributed by atoms with Gasteiger partial charge >= 0.3 is 6.03 Å². The van der Waals surface area contributed by atoms with Crippen molar-refractivity contribution in [3.05, 3.63) is 82.9 Å². The topological polar surface area (TPSA) is 83.1 Å². The molecule has 0 bridgehead atoms. The third kappa shape index (κ3) is 3.89. The quantitative estimate of drug-likeness (QED) is 0.716. The molecular weight excluding hydrogens is 354 g/mol. The summed E-state index contributed by atoms with van der Waals surface area (Å²) >= 11 is 0. The van der Waals surface area contributed by atoms with Crippen LogP contribution in [0.2, 0.25) is 0 Å². The zero-order valence-corrected chi connectivity index (χ0v) is 15.8. The lowest BCUT2D eigenvalue weighted by atomic mass is 9.90. The standard InChI is InChI=1S/C21H23N5O2/c1-28-14-20-23-19(24-25-20)12-22-21(27)26-13-17-10-6-5-9-16(17)11-18(26)15-7-3-2-4-8-15/h2-10,18H,11-14H2,1H3,(H,22,27)(H,23,24,25). The van der Waals surface area contributed by atoms with E-state index in [1.807, 2.05) is 29.2 Å². The van der Waals surface area contributed by atoms with Crippen LogP contribution in [-0.2, 0) is 30.9 Å². The maximum absolute atomic E-state index is 13.0. The molecule has 2 aromatic carbocycles. The van der Waals surface area contributed by atoms with Gasteiger partial charge in [0.05, 0.1) is 12.6 Å². The highest BCUT2D eigenvalue weighted by Crippen LogP contribution is 2.33. The molecule has 0 saturated heterocycles. The summed E-state index contributed by atoms with van der Waals surface area (Å²) in [5, 5.41) is 9.86. The van der Waals surface area contributed by atoms with Crippen LogP contribution in [-0.4, -0.2) is 33.2 Å². The van der Waals surface area contributed by atoms with Crippen molar-refractivity contribution < 1.29 is 9.53 Å². The van der Waals surface area contributed by atoms with Gasteiger partial charge < -0.3 is 15.0 Å². The van der Waals surface area contributed by atoms with E-state index in [0.29, 0.717) is 24.8 Å². The number of methoxy groups -OCH3 is 1. The van der Waals surface area contributed by atoms with Crippen molar-refractivity contribution in [3.63, 3.8) is 0 Å². The van der Waals surface area contributed by atoms with Gasteiger partial charge in [0.2, 0.25) is 0 Å². The van der Waals surface area contributed by atoms with Crippen LogP contribution < -0.4 is 5.32 Å². The summed E-state index contributed by atoms with van der Waals surface area (Å²) in [6.45, 7) is 1.20. The lowest BCUT2D eigenvalue weighted by Gasteiger charge is -2.37. The SMILES string of the molecule is COCc1n[nH]c(CNC(=O)N2Cc3ccccc3CC2c2ccccc2)n1. The molecule has 4 rings (SSSR count). The van der Waals surface area contributed by atoms with E-state index in [-0.39, 0.29) is 18.6 Å². The van der Waals surface area contributed by atoms with Gasteiger partial charge in [-0.1, -0.05) is 54.6 Å². The largest absolute Gasteiger partial charge is 0.377 e. The average molecular weight is 377 g/mol. The molecule has 3 aromatic rings. The maximum atomic E-state index is 13.0. The molecular formula is C21H23N5O2. The minimum atomic E-state index is -0.118. The number of carbonyl (C=O) groups is 1. The van der Waals surface area contributed by atoms with Gasteiger partial charge in [0.25, 0.3) is 0 Å². The first-order chi connectivity index (χ1) is 13.7. The zero-order chi connectivity index (χ0) is 19.3. The normalized spacial score (nSPS) is 15.9. The highest BCUT2D eigenvalue weighted by molar-refractivity contribution is 5.75. The molecule has 1 aromatic heterocycles. The molecule has 2 heterocycles. The number of rotatable bonds is 5. The summed E-state index contributed by atoms with van der Waals surface area (Å²) in [6, 6.07) is 18.3. The lowest BCUT2D eigenvalue weighted by Crippen LogP contribution is -2.44. The van der Waals surface area contributed by atoms with E-state index < -0.39 is 0 Å². The third-order valence-electron chi connectivity index (χ3n) is 4.95. The molecule has 0 aliphatic carbocycles. The van der Waals surface area contributed by atoms with Crippen molar-refractivity contribution in [2.75, 3.05) is 7.11 Å². The van der Waals surface area contributed by atoms with Crippen LogP contribution in [0.4, 0.5) is 4.79 Å². The first kappa shape index (κ1) is 18.2. The number of urea groups is 1. The van der Waals surface area contributed by atoms with Crippen molar-refractivity contribution >= 4 is 6.03 Å². The molecule has 2 N–H and O–H groups in total. The molecule has 1 atom stereocenters. The summed E-state index contributed by atoms with van der Waals surface area (Å²) in [6.07, 6.45) is 0.800. The lowest BCUT2D eigenvalue weighted by molar-refractivity contribution is 0.162. The van der Waals surface area contributed by atoms with Crippen LogP contribution in [0.1, 0.15) is 34.4 Å². The van der Waals surface area contributed by atoms with Crippen LogP contribution in [0.15, 0.2) is 54.6 Å². The summed E-state index contributed by atoms with van der Waals surface area (Å²) in [5.41, 5.74) is 3.61. The van der Waals surface area contributed by atoms with Gasteiger partial charge in [0.1, 0.15) is 12.4 Å². The van der Waals surface area contributed by atoms with Crippen molar-refractivity contribution in [2.45, 2.75) is 32.2 Å². The van der Waals surface area contributed by atoms with E-state index in [2.05, 4.69) is 50.8 Å². The molecule has 1 aliphatic heterocycles. The molecule has 0 spiro atoms. The van der Waals surface area contributed by atoms with Crippen molar-refractivity contribution in [2.24, 2.45) is 0 Å². The number of fused-ring (bicyclic) bond motifs is 1. The van der Waals surface area contributed by atoms with E-state index in [4.69, 9.17) is 4.74 Å². The first-order valence-electron chi connectivity index (χ1n) is 9.30. The van der Waals surface area contributed by atoms with Crippen molar-refractivity contribution in [1.82, 2.24) is 25.4 Å². The maximum Gasteiger partial charge on any atom is 0.318 e. The minimum absolute atomic E-state index is 0.00474. The van der Waals surface area contributed by atoms with Crippen molar-refractivity contribution in [1.29, 1.82) is 0 Å². The zero-order valence-electron chi connectivity index (χ0n) is 15.8. The Labute approximate surface area is 163 Å². The molecule has 0 fully saturated rings. The second kappa shape index (κ2) is 8.22. The Morgan fingerprint density at radius 2 is 1.93 bits per heavy atom. The van der Waals surface area contributed by atoms with Gasteiger partial charge in [-0.25, -0.2) is 9.78 Å². The highest BCUT2D eigenvalue weighted by atomic mass is 16.5. The monoisotopic (exact) mass is 377 g/mol. The number of nitrogens with zero attached hydrogens (tertiary/aromatic N) is 3. The molecule has 1 aliphatic rings. The van der Waals surface area contributed by atoms with Crippen LogP contribution in [0.25, 0.3) is 0 Å². The molecule has 144 valence electrons. The number of H-pyrrole nitrogens is 1. The molecule has 0 radical (unpaired) electrons. The Bertz CT molecular complexity index is 941. The van der Waals surface area contributed by atoms with Gasteiger partial charge in [-0.05, 0) is 23.1 Å². The smallest absolute Gasteiger partial charge is 0.318 e. The number of hydrogen-bond acceptors (Lipinski definition) is 4. The summed E-state index contributed by atoms with van der Waals surface area (Å²) in [5.74, 6) is 1.18. The van der Waals surface area contributed by atoms with Gasteiger partial charge in [0.15, 0.2) is 5.82 Å². The molecule has 7 nitrogen and oxygen atoms in total. The van der Waals surface area contributed by atoms with Crippen LogP contribution >= 0.6 is 0 Å². The Hall–Kier alpha value is -3.19. The molecule has 2 amide bonds. The number of aromatic nitrogens is 3. The fourth-order valence-electron chi connectivity index (χ4n) is 3.58.